The second-order valence-corrected chi connectivity index (χ2v) is 4.77. The molecule has 0 aromatic heterocycles. The fraction of sp³-hybridized carbons (Fsp3) is 0.455. The van der Waals surface area contributed by atoms with E-state index in [1.807, 2.05) is 0 Å². The fourth-order valence-electron chi connectivity index (χ4n) is 2.91. The number of nitro benzene ring substituents is 1. The Morgan fingerprint density at radius 2 is 1.73 bits per heavy atom. The van der Waals surface area contributed by atoms with Crippen molar-refractivity contribution in [3.05, 3.63) is 39.9 Å². The Morgan fingerprint density at radius 1 is 1.20 bits per heavy atom. The molecule has 0 atom stereocenters. The summed E-state index contributed by atoms with van der Waals surface area (Å²) in [5.41, 5.74) is 0.235. The molecule has 0 heterocycles. The van der Waals surface area contributed by atoms with Crippen LogP contribution in [-0.4, -0.2) is 10.6 Å². The average Bonchev–Trinajstić information content (AvgIpc) is 2.12. The quantitative estimate of drug-likeness (QED) is 0.552. The third-order valence-electron chi connectivity index (χ3n) is 3.66. The molecule has 1 aromatic rings. The lowest BCUT2D eigenvalue weighted by Crippen LogP contribution is -2.67. The minimum absolute atomic E-state index is 0.00385. The molecule has 1 aromatic carbocycles. The molecule has 3 aliphatic carbocycles. The SMILES string of the molecule is O=[N+]([O-])c1ccc(C23CC(F)(C2)C3)cc1. The van der Waals surface area contributed by atoms with E-state index in [0.29, 0.717) is 19.3 Å². The molecule has 0 spiro atoms. The highest BCUT2D eigenvalue weighted by Crippen LogP contribution is 2.69. The number of nitro groups is 1. The molecule has 3 saturated carbocycles. The monoisotopic (exact) mass is 207 g/mol. The standard InChI is InChI=1S/C11H10FNO2/c12-11-5-10(6-11,7-11)8-1-3-9(4-2-8)13(14)15/h1-4H,5-7H2. The van der Waals surface area contributed by atoms with Gasteiger partial charge in [0.05, 0.1) is 4.92 Å². The van der Waals surface area contributed by atoms with E-state index in [9.17, 15) is 14.5 Å². The first-order valence-electron chi connectivity index (χ1n) is 4.97. The van der Waals surface area contributed by atoms with Crippen LogP contribution in [0.25, 0.3) is 0 Å². The van der Waals surface area contributed by atoms with Gasteiger partial charge in [0, 0.05) is 17.5 Å². The molecule has 0 N–H and O–H groups in total. The molecule has 3 fully saturated rings. The second-order valence-electron chi connectivity index (χ2n) is 4.77. The number of nitrogens with zero attached hydrogens (tertiary/aromatic N) is 1. The van der Waals surface area contributed by atoms with Gasteiger partial charge in [-0.2, -0.15) is 0 Å². The minimum Gasteiger partial charge on any atom is -0.258 e. The summed E-state index contributed by atoms with van der Waals surface area (Å²) >= 11 is 0. The number of non-ortho nitro benzene ring substituents is 1. The van der Waals surface area contributed by atoms with E-state index < -0.39 is 10.6 Å². The number of halogens is 1. The van der Waals surface area contributed by atoms with Crippen LogP contribution in [0, 0.1) is 10.1 Å². The van der Waals surface area contributed by atoms with Gasteiger partial charge in [0.1, 0.15) is 5.67 Å². The summed E-state index contributed by atoms with van der Waals surface area (Å²) < 4.78 is 13.3. The third-order valence-corrected chi connectivity index (χ3v) is 3.66. The van der Waals surface area contributed by atoms with Crippen LogP contribution < -0.4 is 0 Å². The number of alkyl halides is 1. The Labute approximate surface area is 86.1 Å². The third kappa shape index (κ3) is 1.05. The fourth-order valence-corrected chi connectivity index (χ4v) is 2.91. The van der Waals surface area contributed by atoms with Crippen molar-refractivity contribution in [1.29, 1.82) is 0 Å². The van der Waals surface area contributed by atoms with Crippen LogP contribution in [0.1, 0.15) is 24.8 Å². The molecular formula is C11H10FNO2. The van der Waals surface area contributed by atoms with Gasteiger partial charge in [-0.3, -0.25) is 10.1 Å². The molecule has 0 radical (unpaired) electrons. The summed E-state index contributed by atoms with van der Waals surface area (Å²) in [7, 11) is 0. The molecule has 0 saturated heterocycles. The summed E-state index contributed by atoms with van der Waals surface area (Å²) in [6, 6.07) is 6.52. The highest BCUT2D eigenvalue weighted by atomic mass is 19.1. The molecule has 3 nitrogen and oxygen atoms in total. The summed E-state index contributed by atoms with van der Waals surface area (Å²) in [6.45, 7) is 0. The maximum absolute atomic E-state index is 13.3. The van der Waals surface area contributed by atoms with Crippen molar-refractivity contribution in [2.45, 2.75) is 30.3 Å². The predicted molar refractivity (Wildman–Crippen MR) is 52.5 cm³/mol. The highest BCUT2D eigenvalue weighted by molar-refractivity contribution is 5.43. The maximum atomic E-state index is 13.3. The molecule has 15 heavy (non-hydrogen) atoms. The molecule has 0 aliphatic heterocycles. The van der Waals surface area contributed by atoms with E-state index in [1.165, 1.54) is 12.1 Å². The van der Waals surface area contributed by atoms with E-state index in [2.05, 4.69) is 0 Å². The van der Waals surface area contributed by atoms with Crippen LogP contribution in [0.4, 0.5) is 10.1 Å². The number of benzene rings is 1. The first-order chi connectivity index (χ1) is 7.03. The Kier molecular flexibility index (Phi) is 1.40. The Bertz CT molecular complexity index is 421. The number of hydrogen-bond acceptors (Lipinski definition) is 2. The van der Waals surface area contributed by atoms with Gasteiger partial charge in [-0.05, 0) is 24.8 Å². The molecule has 3 aliphatic rings. The van der Waals surface area contributed by atoms with Crippen LogP contribution >= 0.6 is 0 Å². The van der Waals surface area contributed by atoms with Gasteiger partial charge in [-0.25, -0.2) is 4.39 Å². The van der Waals surface area contributed by atoms with Crippen LogP contribution in [0.5, 0.6) is 0 Å². The van der Waals surface area contributed by atoms with Crippen molar-refractivity contribution >= 4 is 5.69 Å². The lowest BCUT2D eigenvalue weighted by Gasteiger charge is -2.66. The molecule has 4 rings (SSSR count). The van der Waals surface area contributed by atoms with Crippen molar-refractivity contribution < 1.29 is 9.31 Å². The van der Waals surface area contributed by atoms with Crippen LogP contribution in [0.3, 0.4) is 0 Å². The summed E-state index contributed by atoms with van der Waals surface area (Å²) in [4.78, 5) is 10.0. The van der Waals surface area contributed by atoms with Crippen molar-refractivity contribution in [3.63, 3.8) is 0 Å². The highest BCUT2D eigenvalue weighted by Gasteiger charge is 2.69. The van der Waals surface area contributed by atoms with Crippen LogP contribution in [-0.2, 0) is 5.41 Å². The molecule has 0 unspecified atom stereocenters. The molecule has 78 valence electrons. The zero-order chi connectivity index (χ0) is 10.7. The van der Waals surface area contributed by atoms with E-state index >= 15 is 0 Å². The van der Waals surface area contributed by atoms with Gasteiger partial charge in [-0.1, -0.05) is 12.1 Å². The summed E-state index contributed by atoms with van der Waals surface area (Å²) in [5, 5.41) is 10.5. The van der Waals surface area contributed by atoms with E-state index in [0.717, 1.165) is 5.56 Å². The van der Waals surface area contributed by atoms with Crippen molar-refractivity contribution in [2.24, 2.45) is 0 Å². The van der Waals surface area contributed by atoms with Gasteiger partial charge in [-0.15, -0.1) is 0 Å². The first kappa shape index (κ1) is 8.83. The smallest absolute Gasteiger partial charge is 0.258 e. The van der Waals surface area contributed by atoms with Crippen molar-refractivity contribution in [3.8, 4) is 0 Å². The Hall–Kier alpha value is -1.45. The van der Waals surface area contributed by atoms with E-state index in [1.54, 1.807) is 12.1 Å². The van der Waals surface area contributed by atoms with Crippen LogP contribution in [0.15, 0.2) is 24.3 Å². The van der Waals surface area contributed by atoms with Gasteiger partial charge >= 0.3 is 0 Å². The van der Waals surface area contributed by atoms with Crippen molar-refractivity contribution in [2.75, 3.05) is 0 Å². The number of hydrogen-bond donors (Lipinski definition) is 0. The maximum Gasteiger partial charge on any atom is 0.269 e. The Balaban J connectivity index is 1.86. The molecule has 4 heteroatoms. The van der Waals surface area contributed by atoms with E-state index in [4.69, 9.17) is 0 Å². The van der Waals surface area contributed by atoms with Gasteiger partial charge in [0.25, 0.3) is 5.69 Å². The second kappa shape index (κ2) is 2.38. The lowest BCUT2D eigenvalue weighted by atomic mass is 9.40. The summed E-state index contributed by atoms with van der Waals surface area (Å²) in [6.07, 6.45) is 1.79. The zero-order valence-electron chi connectivity index (χ0n) is 8.07. The normalized spacial score (nSPS) is 36.6. The van der Waals surface area contributed by atoms with Gasteiger partial charge in [0.2, 0.25) is 0 Å². The first-order valence-corrected chi connectivity index (χ1v) is 4.97. The lowest BCUT2D eigenvalue weighted by molar-refractivity contribution is -0.384. The van der Waals surface area contributed by atoms with Crippen LogP contribution in [0.2, 0.25) is 0 Å². The molecular weight excluding hydrogens is 197 g/mol. The topological polar surface area (TPSA) is 43.1 Å². The predicted octanol–water partition coefficient (Wildman–Crippen LogP) is 2.74. The van der Waals surface area contributed by atoms with Crippen molar-refractivity contribution in [1.82, 2.24) is 0 Å². The summed E-state index contributed by atoms with van der Waals surface area (Å²) in [5.74, 6) is 0. The zero-order valence-corrected chi connectivity index (χ0v) is 8.07. The molecule has 2 bridgehead atoms. The minimum atomic E-state index is -0.915. The molecule has 0 amide bonds. The number of rotatable bonds is 2. The largest absolute Gasteiger partial charge is 0.269 e. The van der Waals surface area contributed by atoms with E-state index in [-0.39, 0.29) is 11.1 Å². The van der Waals surface area contributed by atoms with Gasteiger partial charge in [0.15, 0.2) is 0 Å². The average molecular weight is 207 g/mol. The van der Waals surface area contributed by atoms with Gasteiger partial charge < -0.3 is 0 Å². The Morgan fingerprint density at radius 3 is 2.13 bits per heavy atom.